The van der Waals surface area contributed by atoms with Gasteiger partial charge < -0.3 is 0 Å². The zero-order chi connectivity index (χ0) is 44.7. The Balaban J connectivity index is 0.806. The molecule has 0 aliphatic carbocycles. The molecule has 0 bridgehead atoms. The lowest BCUT2D eigenvalue weighted by Gasteiger charge is -2.18. The van der Waals surface area contributed by atoms with Gasteiger partial charge in [-0.3, -0.25) is 0 Å². The van der Waals surface area contributed by atoms with Crippen LogP contribution in [0.25, 0.3) is 144 Å². The van der Waals surface area contributed by atoms with E-state index in [1.165, 1.54) is 76.8 Å². The van der Waals surface area contributed by atoms with Gasteiger partial charge in [-0.05, 0) is 114 Å². The van der Waals surface area contributed by atoms with Crippen LogP contribution >= 0.6 is 0 Å². The molecule has 0 atom stereocenters. The largest absolute Gasteiger partial charge is 0.228 e. The zero-order valence-corrected chi connectivity index (χ0v) is 36.7. The van der Waals surface area contributed by atoms with Gasteiger partial charge in [0.1, 0.15) is 0 Å². The summed E-state index contributed by atoms with van der Waals surface area (Å²) < 4.78 is 0. The fraction of sp³-hybridized carbons (Fsp3) is 0. The Kier molecular flexibility index (Phi) is 8.55. The number of nitrogens with zero attached hydrogens (tertiary/aromatic N) is 4. The molecule has 0 radical (unpaired) electrons. The smallest absolute Gasteiger partial charge is 0.160 e. The molecule has 14 aromatic rings. The van der Waals surface area contributed by atoms with Crippen LogP contribution in [0.15, 0.2) is 231 Å². The Morgan fingerprint density at radius 1 is 0.191 bits per heavy atom. The quantitative estimate of drug-likeness (QED) is 0.150. The summed E-state index contributed by atoms with van der Waals surface area (Å²) in [7, 11) is 0. The van der Waals surface area contributed by atoms with Crippen molar-refractivity contribution in [2.75, 3.05) is 0 Å². The van der Waals surface area contributed by atoms with Crippen molar-refractivity contribution in [3.8, 4) is 78.4 Å². The first kappa shape index (κ1) is 38.2. The Morgan fingerprint density at radius 3 is 0.706 bits per heavy atom. The molecule has 12 aromatic carbocycles. The van der Waals surface area contributed by atoms with Crippen molar-refractivity contribution in [3.63, 3.8) is 0 Å². The van der Waals surface area contributed by atoms with E-state index in [4.69, 9.17) is 19.9 Å². The summed E-state index contributed by atoms with van der Waals surface area (Å²) in [5.74, 6) is 1.42. The van der Waals surface area contributed by atoms with Gasteiger partial charge in [0.2, 0.25) is 0 Å². The fourth-order valence-electron chi connectivity index (χ4n) is 10.6. The Morgan fingerprint density at radius 2 is 0.441 bits per heavy atom. The van der Waals surface area contributed by atoms with E-state index < -0.39 is 0 Å². The van der Waals surface area contributed by atoms with Crippen molar-refractivity contribution < 1.29 is 0 Å². The lowest BCUT2D eigenvalue weighted by molar-refractivity contribution is 1.26. The SMILES string of the molecule is c1ccc(-c2cc(-c3ccccc3)c3ccc4nc(-c5ccc(-c6ccc(-c7nc8ccc9c(-c%10ccccc%10)cc(-c%10ccccc%10)c%10ccc(n7)c8c9%10)cc6)cc5)nc5ccc2c3c54)cc1. The fourth-order valence-corrected chi connectivity index (χ4v) is 10.6. The van der Waals surface area contributed by atoms with Crippen LogP contribution in [0.1, 0.15) is 0 Å². The molecule has 0 spiro atoms. The topological polar surface area (TPSA) is 51.6 Å². The van der Waals surface area contributed by atoms with E-state index in [9.17, 15) is 0 Å². The van der Waals surface area contributed by atoms with Crippen LogP contribution in [-0.2, 0) is 0 Å². The van der Waals surface area contributed by atoms with Crippen molar-refractivity contribution >= 4 is 65.2 Å². The maximum absolute atomic E-state index is 5.21. The molecule has 0 amide bonds. The van der Waals surface area contributed by atoms with E-state index in [1.807, 2.05) is 0 Å². The van der Waals surface area contributed by atoms with Crippen molar-refractivity contribution in [1.82, 2.24) is 19.9 Å². The number of hydrogen-bond acceptors (Lipinski definition) is 4. The van der Waals surface area contributed by atoms with Gasteiger partial charge in [0.05, 0.1) is 22.1 Å². The summed E-state index contributed by atoms with van der Waals surface area (Å²) in [6, 6.07) is 82.1. The van der Waals surface area contributed by atoms with Crippen molar-refractivity contribution in [1.29, 1.82) is 0 Å². The van der Waals surface area contributed by atoms with Crippen LogP contribution in [0.2, 0.25) is 0 Å². The summed E-state index contributed by atoms with van der Waals surface area (Å²) in [5, 5.41) is 9.42. The molecule has 2 aromatic heterocycles. The third-order valence-corrected chi connectivity index (χ3v) is 13.8. The molecule has 68 heavy (non-hydrogen) atoms. The average Bonchev–Trinajstić information content (AvgIpc) is 3.42. The molecule has 0 aliphatic rings. The van der Waals surface area contributed by atoms with Gasteiger partial charge >= 0.3 is 0 Å². The maximum Gasteiger partial charge on any atom is 0.160 e. The molecule has 0 N–H and O–H groups in total. The predicted molar refractivity (Wildman–Crippen MR) is 283 cm³/mol. The van der Waals surface area contributed by atoms with Gasteiger partial charge in [0, 0.05) is 32.7 Å². The molecule has 4 heteroatoms. The second kappa shape index (κ2) is 15.2. The minimum Gasteiger partial charge on any atom is -0.228 e. The molecular formula is C64H38N4. The molecule has 4 nitrogen and oxygen atoms in total. The first-order chi connectivity index (χ1) is 33.7. The number of aromatic nitrogens is 4. The Labute approximate surface area is 392 Å². The third kappa shape index (κ3) is 6.08. The van der Waals surface area contributed by atoms with Gasteiger partial charge in [-0.15, -0.1) is 0 Å². The standard InChI is InChI=1S/C64H38N4/c1-5-13-41(14-6-1)51-37-52(42-15-7-2-8-16-42)48-30-34-56-61-55(33-29-47(51)59(48)61)65-63(66-56)45-25-21-39(22-26-45)40-23-27-46(28-24-40)64-67-57-35-31-49-53(43-17-9-3-10-18-43)38-54(44-19-11-4-12-20-44)50-32-36-58(68-64)62(57)60(49)50/h1-38H. The minimum absolute atomic E-state index is 0.711. The molecule has 314 valence electrons. The van der Waals surface area contributed by atoms with Gasteiger partial charge in [0.15, 0.2) is 11.6 Å². The third-order valence-electron chi connectivity index (χ3n) is 13.8. The van der Waals surface area contributed by atoms with Crippen molar-refractivity contribution in [2.24, 2.45) is 0 Å². The van der Waals surface area contributed by atoms with Crippen LogP contribution in [0.5, 0.6) is 0 Å². The van der Waals surface area contributed by atoms with Gasteiger partial charge in [-0.25, -0.2) is 19.9 Å². The van der Waals surface area contributed by atoms with Crippen LogP contribution in [0.4, 0.5) is 0 Å². The summed E-state index contributed by atoms with van der Waals surface area (Å²) in [6.07, 6.45) is 0. The van der Waals surface area contributed by atoms with Crippen LogP contribution in [0, 0.1) is 0 Å². The zero-order valence-electron chi connectivity index (χ0n) is 36.7. The summed E-state index contributed by atoms with van der Waals surface area (Å²) in [5.41, 5.74) is 17.5. The molecule has 14 rings (SSSR count). The van der Waals surface area contributed by atoms with Crippen LogP contribution in [-0.4, -0.2) is 19.9 Å². The van der Waals surface area contributed by atoms with E-state index in [0.29, 0.717) is 11.6 Å². The molecular weight excluding hydrogens is 825 g/mol. The van der Waals surface area contributed by atoms with E-state index >= 15 is 0 Å². The molecule has 0 fully saturated rings. The normalized spacial score (nSPS) is 11.8. The highest BCUT2D eigenvalue weighted by Gasteiger charge is 2.21. The highest BCUT2D eigenvalue weighted by molar-refractivity contribution is 6.28. The average molecular weight is 863 g/mol. The van der Waals surface area contributed by atoms with Gasteiger partial charge in [-0.2, -0.15) is 0 Å². The first-order valence-electron chi connectivity index (χ1n) is 23.1. The Hall–Kier alpha value is -9.12. The first-order valence-corrected chi connectivity index (χ1v) is 23.1. The van der Waals surface area contributed by atoms with Gasteiger partial charge in [-0.1, -0.05) is 194 Å². The van der Waals surface area contributed by atoms with E-state index in [1.54, 1.807) is 0 Å². The summed E-state index contributed by atoms with van der Waals surface area (Å²) in [6.45, 7) is 0. The molecule has 0 unspecified atom stereocenters. The van der Waals surface area contributed by atoms with E-state index in [-0.39, 0.29) is 0 Å². The molecule has 0 saturated carbocycles. The highest BCUT2D eigenvalue weighted by Crippen LogP contribution is 2.46. The summed E-state index contributed by atoms with van der Waals surface area (Å²) >= 11 is 0. The van der Waals surface area contributed by atoms with Crippen molar-refractivity contribution in [3.05, 3.63) is 231 Å². The van der Waals surface area contributed by atoms with Crippen LogP contribution in [0.3, 0.4) is 0 Å². The molecule has 0 aliphatic heterocycles. The summed E-state index contributed by atoms with van der Waals surface area (Å²) in [4.78, 5) is 20.8. The second-order valence-corrected chi connectivity index (χ2v) is 17.7. The number of benzene rings is 12. The van der Waals surface area contributed by atoms with Gasteiger partial charge in [0.25, 0.3) is 0 Å². The van der Waals surface area contributed by atoms with E-state index in [2.05, 4.69) is 231 Å². The lowest BCUT2D eigenvalue weighted by Crippen LogP contribution is -1.96. The monoisotopic (exact) mass is 862 g/mol. The predicted octanol–water partition coefficient (Wildman–Crippen LogP) is 16.7. The maximum atomic E-state index is 5.21. The molecule has 2 heterocycles. The minimum atomic E-state index is 0.711. The Bertz CT molecular complexity index is 3700. The van der Waals surface area contributed by atoms with Crippen molar-refractivity contribution in [2.45, 2.75) is 0 Å². The highest BCUT2D eigenvalue weighted by atomic mass is 14.9. The molecule has 0 saturated heterocycles. The number of rotatable bonds is 7. The number of hydrogen-bond donors (Lipinski definition) is 0. The lowest BCUT2D eigenvalue weighted by atomic mass is 9.87. The van der Waals surface area contributed by atoms with Crippen LogP contribution < -0.4 is 0 Å². The second-order valence-electron chi connectivity index (χ2n) is 17.7. The van der Waals surface area contributed by atoms with E-state index in [0.717, 1.165) is 55.1 Å².